The zero-order valence-electron chi connectivity index (χ0n) is 22.4. The molecule has 0 radical (unpaired) electrons. The quantitative estimate of drug-likeness (QED) is 0.132. The van der Waals surface area contributed by atoms with Gasteiger partial charge in [-0.25, -0.2) is 22.0 Å². The summed E-state index contributed by atoms with van der Waals surface area (Å²) in [4.78, 5) is 0. The van der Waals surface area contributed by atoms with Crippen LogP contribution in [0.1, 0.15) is 63.5 Å². The van der Waals surface area contributed by atoms with Gasteiger partial charge < -0.3 is 0 Å². The highest BCUT2D eigenvalue weighted by atomic mass is 19.2. The van der Waals surface area contributed by atoms with Gasteiger partial charge in [-0.05, 0) is 54.0 Å². The van der Waals surface area contributed by atoms with E-state index in [9.17, 15) is 8.78 Å². The maximum Gasteiger partial charge on any atom is 0.167 e. The molecule has 4 rings (SSSR count). The molecule has 0 unspecified atom stereocenters. The number of benzene rings is 4. The second-order valence-corrected chi connectivity index (χ2v) is 9.99. The predicted molar refractivity (Wildman–Crippen MR) is 149 cm³/mol. The average Bonchev–Trinajstić information content (AvgIpc) is 2.94. The molecule has 0 aliphatic rings. The Balaban J connectivity index is 1.59. The van der Waals surface area contributed by atoms with Crippen LogP contribution in [-0.4, -0.2) is 0 Å². The maximum absolute atomic E-state index is 15.2. The molecule has 0 aliphatic carbocycles. The second-order valence-electron chi connectivity index (χ2n) is 9.99. The Kier molecular flexibility index (Phi) is 9.55. The summed E-state index contributed by atoms with van der Waals surface area (Å²) in [5.41, 5.74) is 1.66. The highest BCUT2D eigenvalue weighted by molar-refractivity contribution is 5.75. The Hall–Kier alpha value is -3.47. The number of aryl methyl sites for hydroxylation is 2. The molecule has 0 N–H and O–H groups in total. The molecule has 4 aromatic rings. The minimum Gasteiger partial charge on any atom is -0.206 e. The lowest BCUT2D eigenvalue weighted by molar-refractivity contribution is 0.493. The number of hydrogen-bond acceptors (Lipinski definition) is 0. The van der Waals surface area contributed by atoms with Crippen molar-refractivity contribution in [3.05, 3.63) is 107 Å². The number of halogens is 5. The van der Waals surface area contributed by atoms with Gasteiger partial charge in [0, 0.05) is 22.3 Å². The Bertz CT molecular complexity index is 1420. The molecule has 0 heterocycles. The van der Waals surface area contributed by atoms with E-state index in [0.717, 1.165) is 43.7 Å². The zero-order chi connectivity index (χ0) is 27.9. The average molecular weight is 537 g/mol. The lowest BCUT2D eigenvalue weighted by Crippen LogP contribution is -2.01. The highest BCUT2D eigenvalue weighted by Crippen LogP contribution is 2.36. The minimum atomic E-state index is -1.35. The summed E-state index contributed by atoms with van der Waals surface area (Å²) in [5.74, 6) is -5.65. The standard InChI is InChI=1S/C34H33F5/c1-3-5-7-9-22-11-13-23(14-12-22)25-16-17-26(30(35)21-25)27-19-20-29(34(39)33(27)38)28-18-15-24(10-8-6-4-2)31(36)32(28)37/h11-21H,3-10H2,1-2H3. The van der Waals surface area contributed by atoms with E-state index in [-0.39, 0.29) is 22.3 Å². The lowest BCUT2D eigenvalue weighted by Gasteiger charge is -2.13. The Morgan fingerprint density at radius 1 is 0.462 bits per heavy atom. The monoisotopic (exact) mass is 536 g/mol. The summed E-state index contributed by atoms with van der Waals surface area (Å²) in [6.45, 7) is 4.17. The van der Waals surface area contributed by atoms with E-state index in [1.54, 1.807) is 6.07 Å². The molecular weight excluding hydrogens is 503 g/mol. The molecule has 0 saturated heterocycles. The summed E-state index contributed by atoms with van der Waals surface area (Å²) in [5, 5.41) is 0. The van der Waals surface area contributed by atoms with E-state index < -0.39 is 34.6 Å². The van der Waals surface area contributed by atoms with Gasteiger partial charge in [-0.3, -0.25) is 0 Å². The third kappa shape index (κ3) is 6.41. The normalized spacial score (nSPS) is 11.3. The molecule has 0 fully saturated rings. The van der Waals surface area contributed by atoms with Gasteiger partial charge in [0.1, 0.15) is 5.82 Å². The van der Waals surface area contributed by atoms with Crippen LogP contribution in [0.4, 0.5) is 22.0 Å². The minimum absolute atomic E-state index is 0.115. The smallest absolute Gasteiger partial charge is 0.167 e. The van der Waals surface area contributed by atoms with Gasteiger partial charge in [-0.15, -0.1) is 0 Å². The van der Waals surface area contributed by atoms with Crippen LogP contribution in [0.15, 0.2) is 66.7 Å². The fraction of sp³-hybridized carbons (Fsp3) is 0.294. The van der Waals surface area contributed by atoms with Crippen molar-refractivity contribution >= 4 is 0 Å². The van der Waals surface area contributed by atoms with Crippen LogP contribution in [0, 0.1) is 29.1 Å². The molecule has 0 spiro atoms. The highest BCUT2D eigenvalue weighted by Gasteiger charge is 2.22. The molecule has 5 heteroatoms. The molecule has 204 valence electrons. The van der Waals surface area contributed by atoms with E-state index >= 15 is 13.2 Å². The number of unbranched alkanes of at least 4 members (excludes halogenated alkanes) is 4. The largest absolute Gasteiger partial charge is 0.206 e. The topological polar surface area (TPSA) is 0 Å². The van der Waals surface area contributed by atoms with Crippen molar-refractivity contribution in [1.82, 2.24) is 0 Å². The first-order valence-corrected chi connectivity index (χ1v) is 13.7. The van der Waals surface area contributed by atoms with Crippen LogP contribution in [0.2, 0.25) is 0 Å². The predicted octanol–water partition coefficient (Wildman–Crippen LogP) is 10.8. The summed E-state index contributed by atoms with van der Waals surface area (Å²) >= 11 is 0. The Morgan fingerprint density at radius 2 is 0.949 bits per heavy atom. The van der Waals surface area contributed by atoms with E-state index in [1.807, 2.05) is 31.2 Å². The zero-order valence-corrected chi connectivity index (χ0v) is 22.4. The van der Waals surface area contributed by atoms with E-state index in [0.29, 0.717) is 18.4 Å². The van der Waals surface area contributed by atoms with Crippen LogP contribution in [-0.2, 0) is 12.8 Å². The molecule has 4 aromatic carbocycles. The third-order valence-corrected chi connectivity index (χ3v) is 7.20. The fourth-order valence-electron chi connectivity index (χ4n) is 4.88. The van der Waals surface area contributed by atoms with Crippen LogP contribution in [0.25, 0.3) is 33.4 Å². The van der Waals surface area contributed by atoms with Crippen LogP contribution >= 0.6 is 0 Å². The third-order valence-electron chi connectivity index (χ3n) is 7.20. The molecule has 0 nitrogen and oxygen atoms in total. The van der Waals surface area contributed by atoms with E-state index in [1.165, 1.54) is 42.3 Å². The fourth-order valence-corrected chi connectivity index (χ4v) is 4.88. The van der Waals surface area contributed by atoms with E-state index in [2.05, 4.69) is 6.92 Å². The summed E-state index contributed by atoms with van der Waals surface area (Å²) < 4.78 is 74.9. The van der Waals surface area contributed by atoms with Gasteiger partial charge in [0.2, 0.25) is 0 Å². The molecule has 0 aliphatic heterocycles. The van der Waals surface area contributed by atoms with Gasteiger partial charge in [-0.1, -0.05) is 100 Å². The van der Waals surface area contributed by atoms with Crippen molar-refractivity contribution in [2.45, 2.75) is 65.2 Å². The first kappa shape index (κ1) is 28.5. The Labute approximate surface area is 227 Å². The maximum atomic E-state index is 15.2. The van der Waals surface area contributed by atoms with Crippen LogP contribution in [0.3, 0.4) is 0 Å². The molecule has 0 bridgehead atoms. The summed E-state index contributed by atoms with van der Waals surface area (Å²) in [6.07, 6.45) is 7.32. The van der Waals surface area contributed by atoms with Crippen LogP contribution in [0.5, 0.6) is 0 Å². The first-order valence-electron chi connectivity index (χ1n) is 13.7. The van der Waals surface area contributed by atoms with Crippen molar-refractivity contribution in [3.8, 4) is 33.4 Å². The summed E-state index contributed by atoms with van der Waals surface area (Å²) in [7, 11) is 0. The number of rotatable bonds is 11. The molecule has 0 saturated carbocycles. The van der Waals surface area contributed by atoms with E-state index in [4.69, 9.17) is 0 Å². The Morgan fingerprint density at radius 3 is 1.54 bits per heavy atom. The van der Waals surface area contributed by atoms with Crippen molar-refractivity contribution in [2.75, 3.05) is 0 Å². The number of hydrogen-bond donors (Lipinski definition) is 0. The molecule has 0 aromatic heterocycles. The first-order chi connectivity index (χ1) is 18.8. The van der Waals surface area contributed by atoms with Gasteiger partial charge in [0.05, 0.1) is 0 Å². The van der Waals surface area contributed by atoms with Crippen molar-refractivity contribution in [1.29, 1.82) is 0 Å². The van der Waals surface area contributed by atoms with Gasteiger partial charge >= 0.3 is 0 Å². The second kappa shape index (κ2) is 13.1. The van der Waals surface area contributed by atoms with Crippen molar-refractivity contribution in [3.63, 3.8) is 0 Å². The molecule has 0 atom stereocenters. The molecule has 0 amide bonds. The molecular formula is C34H33F5. The van der Waals surface area contributed by atoms with Crippen molar-refractivity contribution < 1.29 is 22.0 Å². The van der Waals surface area contributed by atoms with Crippen molar-refractivity contribution in [2.24, 2.45) is 0 Å². The van der Waals surface area contributed by atoms with Gasteiger partial charge in [-0.2, -0.15) is 0 Å². The lowest BCUT2D eigenvalue weighted by atomic mass is 9.95. The van der Waals surface area contributed by atoms with Gasteiger partial charge in [0.15, 0.2) is 23.3 Å². The SMILES string of the molecule is CCCCCc1ccc(-c2ccc(-c3ccc(-c4ccc(CCCCC)c(F)c4F)c(F)c3F)c(F)c2)cc1. The molecule has 39 heavy (non-hydrogen) atoms. The van der Waals surface area contributed by atoms with Crippen LogP contribution < -0.4 is 0 Å². The summed E-state index contributed by atoms with van der Waals surface area (Å²) in [6, 6.07) is 17.3. The van der Waals surface area contributed by atoms with Gasteiger partial charge in [0.25, 0.3) is 0 Å².